The molecule has 1 aromatic rings. The molecule has 0 fully saturated rings. The number of benzene rings is 1. The second kappa shape index (κ2) is 8.30. The van der Waals surface area contributed by atoms with Gasteiger partial charge in [0.2, 0.25) is 0 Å². The summed E-state index contributed by atoms with van der Waals surface area (Å²) < 4.78 is 0. The molecule has 0 radical (unpaired) electrons. The molecule has 114 valence electrons. The Bertz CT molecular complexity index is 556. The van der Waals surface area contributed by atoms with Crippen LogP contribution in [0.1, 0.15) is 45.2 Å². The summed E-state index contributed by atoms with van der Waals surface area (Å²) in [5.41, 5.74) is 5.42. The second-order valence-corrected chi connectivity index (χ2v) is 5.27. The van der Waals surface area contributed by atoms with E-state index in [1.165, 1.54) is 5.57 Å². The molecule has 0 aliphatic carbocycles. The van der Waals surface area contributed by atoms with E-state index in [9.17, 15) is 4.79 Å². The van der Waals surface area contributed by atoms with E-state index >= 15 is 0 Å². The summed E-state index contributed by atoms with van der Waals surface area (Å²) in [7, 11) is 0. The molecule has 0 heterocycles. The molecule has 1 rings (SSSR count). The Morgan fingerprint density at radius 3 is 2.62 bits per heavy atom. The molecule has 0 spiro atoms. The van der Waals surface area contributed by atoms with E-state index in [4.69, 9.17) is 0 Å². The van der Waals surface area contributed by atoms with Crippen LogP contribution in [0.2, 0.25) is 0 Å². The van der Waals surface area contributed by atoms with Crippen LogP contribution in [-0.4, -0.2) is 12.6 Å². The number of carbonyl (C=O) groups is 1. The standard InChI is InChI=1S/C18H26N2O/c1-6-8-14(4)16-10-9-15(5)17(11-16)20-18(21)19-12-13(3)7-2/h7-11H,6,12H2,1-5H3,(H2,19,20,21)/b13-7+,14-8-. The summed E-state index contributed by atoms with van der Waals surface area (Å²) in [6, 6.07) is 5.98. The summed E-state index contributed by atoms with van der Waals surface area (Å²) in [6.45, 7) is 10.7. The van der Waals surface area contributed by atoms with E-state index in [1.807, 2.05) is 39.0 Å². The zero-order chi connectivity index (χ0) is 15.8. The molecule has 2 N–H and O–H groups in total. The van der Waals surface area contributed by atoms with E-state index in [0.717, 1.165) is 28.8 Å². The van der Waals surface area contributed by atoms with Gasteiger partial charge < -0.3 is 10.6 Å². The third-order valence-electron chi connectivity index (χ3n) is 3.47. The first kappa shape index (κ1) is 17.0. The molecule has 3 nitrogen and oxygen atoms in total. The molecular weight excluding hydrogens is 260 g/mol. The fourth-order valence-electron chi connectivity index (χ4n) is 1.91. The van der Waals surface area contributed by atoms with Gasteiger partial charge in [-0.3, -0.25) is 0 Å². The van der Waals surface area contributed by atoms with Crippen molar-refractivity contribution in [3.05, 3.63) is 47.1 Å². The Morgan fingerprint density at radius 1 is 1.29 bits per heavy atom. The Balaban J connectivity index is 2.81. The highest BCUT2D eigenvalue weighted by Gasteiger charge is 2.06. The fourth-order valence-corrected chi connectivity index (χ4v) is 1.91. The number of urea groups is 1. The quantitative estimate of drug-likeness (QED) is 0.743. The van der Waals surface area contributed by atoms with Crippen molar-refractivity contribution in [1.29, 1.82) is 0 Å². The van der Waals surface area contributed by atoms with E-state index in [2.05, 4.69) is 36.6 Å². The number of allylic oxidation sites excluding steroid dienone is 3. The SMILES string of the molecule is C/C=C(\C)CNC(=O)Nc1cc(/C(C)=C\CC)ccc1C. The van der Waals surface area contributed by atoms with Crippen LogP contribution in [0.4, 0.5) is 10.5 Å². The molecule has 0 saturated carbocycles. The van der Waals surface area contributed by atoms with Crippen LogP contribution >= 0.6 is 0 Å². The van der Waals surface area contributed by atoms with Gasteiger partial charge in [0.25, 0.3) is 0 Å². The van der Waals surface area contributed by atoms with Gasteiger partial charge in [-0.2, -0.15) is 0 Å². The van der Waals surface area contributed by atoms with Crippen molar-refractivity contribution in [2.24, 2.45) is 0 Å². The topological polar surface area (TPSA) is 41.1 Å². The van der Waals surface area contributed by atoms with Gasteiger partial charge >= 0.3 is 6.03 Å². The van der Waals surface area contributed by atoms with Crippen LogP contribution in [-0.2, 0) is 0 Å². The fraction of sp³-hybridized carbons (Fsp3) is 0.389. The highest BCUT2D eigenvalue weighted by molar-refractivity contribution is 5.90. The Hall–Kier alpha value is -2.03. The number of hydrogen-bond acceptors (Lipinski definition) is 1. The minimum atomic E-state index is -0.173. The van der Waals surface area contributed by atoms with E-state index < -0.39 is 0 Å². The maximum atomic E-state index is 11.9. The van der Waals surface area contributed by atoms with E-state index in [1.54, 1.807) is 0 Å². The Morgan fingerprint density at radius 2 is 2.00 bits per heavy atom. The smallest absolute Gasteiger partial charge is 0.319 e. The molecule has 21 heavy (non-hydrogen) atoms. The number of aryl methyl sites for hydroxylation is 1. The molecule has 0 unspecified atom stereocenters. The van der Waals surface area contributed by atoms with Crippen molar-refractivity contribution in [2.75, 3.05) is 11.9 Å². The van der Waals surface area contributed by atoms with Gasteiger partial charge in [-0.05, 0) is 56.9 Å². The lowest BCUT2D eigenvalue weighted by molar-refractivity contribution is 0.253. The van der Waals surface area contributed by atoms with Crippen LogP contribution in [0, 0.1) is 6.92 Å². The van der Waals surface area contributed by atoms with Crippen molar-refractivity contribution in [3.8, 4) is 0 Å². The number of hydrogen-bond donors (Lipinski definition) is 2. The predicted molar refractivity (Wildman–Crippen MR) is 91.6 cm³/mol. The van der Waals surface area contributed by atoms with Crippen LogP contribution in [0.25, 0.3) is 5.57 Å². The predicted octanol–water partition coefficient (Wildman–Crippen LogP) is 4.90. The first-order valence-corrected chi connectivity index (χ1v) is 7.42. The highest BCUT2D eigenvalue weighted by atomic mass is 16.2. The third kappa shape index (κ3) is 5.46. The van der Waals surface area contributed by atoms with Gasteiger partial charge in [0.1, 0.15) is 0 Å². The van der Waals surface area contributed by atoms with Crippen molar-refractivity contribution in [1.82, 2.24) is 5.32 Å². The molecule has 0 atom stereocenters. The number of anilines is 1. The lowest BCUT2D eigenvalue weighted by atomic mass is 10.0. The first-order valence-electron chi connectivity index (χ1n) is 7.42. The summed E-state index contributed by atoms with van der Waals surface area (Å²) in [4.78, 5) is 11.9. The van der Waals surface area contributed by atoms with Crippen molar-refractivity contribution < 1.29 is 4.79 Å². The maximum absolute atomic E-state index is 11.9. The van der Waals surface area contributed by atoms with Crippen LogP contribution in [0.15, 0.2) is 35.9 Å². The van der Waals surface area contributed by atoms with E-state index in [0.29, 0.717) is 6.54 Å². The minimum absolute atomic E-state index is 0.173. The first-order chi connectivity index (χ1) is 9.97. The molecule has 0 aromatic heterocycles. The number of rotatable bonds is 5. The summed E-state index contributed by atoms with van der Waals surface area (Å²) in [5.74, 6) is 0. The summed E-state index contributed by atoms with van der Waals surface area (Å²) in [5, 5.41) is 5.77. The molecule has 2 amide bonds. The zero-order valence-corrected chi connectivity index (χ0v) is 13.7. The monoisotopic (exact) mass is 286 g/mol. The van der Waals surface area contributed by atoms with Gasteiger partial charge in [-0.15, -0.1) is 0 Å². The van der Waals surface area contributed by atoms with Gasteiger partial charge in [0, 0.05) is 12.2 Å². The molecular formula is C18H26N2O. The maximum Gasteiger partial charge on any atom is 0.319 e. The normalized spacial score (nSPS) is 12.2. The van der Waals surface area contributed by atoms with Gasteiger partial charge in [0.15, 0.2) is 0 Å². The average Bonchev–Trinajstić information content (AvgIpc) is 2.47. The van der Waals surface area contributed by atoms with Gasteiger partial charge in [-0.25, -0.2) is 4.79 Å². The zero-order valence-electron chi connectivity index (χ0n) is 13.7. The van der Waals surface area contributed by atoms with Crippen molar-refractivity contribution >= 4 is 17.3 Å². The number of amides is 2. The summed E-state index contributed by atoms with van der Waals surface area (Å²) >= 11 is 0. The lowest BCUT2D eigenvalue weighted by Gasteiger charge is -2.12. The van der Waals surface area contributed by atoms with Crippen LogP contribution in [0.5, 0.6) is 0 Å². The number of nitrogens with one attached hydrogen (secondary N) is 2. The largest absolute Gasteiger partial charge is 0.334 e. The molecule has 0 aliphatic rings. The van der Waals surface area contributed by atoms with Crippen LogP contribution in [0.3, 0.4) is 0 Å². The molecule has 3 heteroatoms. The molecule has 0 bridgehead atoms. The van der Waals surface area contributed by atoms with Gasteiger partial charge in [-0.1, -0.05) is 36.8 Å². The third-order valence-corrected chi connectivity index (χ3v) is 3.47. The lowest BCUT2D eigenvalue weighted by Crippen LogP contribution is -2.30. The highest BCUT2D eigenvalue weighted by Crippen LogP contribution is 2.22. The van der Waals surface area contributed by atoms with E-state index in [-0.39, 0.29) is 6.03 Å². The Kier molecular flexibility index (Phi) is 6.73. The molecule has 0 aliphatic heterocycles. The Labute approximate surface area is 128 Å². The van der Waals surface area contributed by atoms with Crippen LogP contribution < -0.4 is 10.6 Å². The molecule has 0 saturated heterocycles. The minimum Gasteiger partial charge on any atom is -0.334 e. The second-order valence-electron chi connectivity index (χ2n) is 5.27. The summed E-state index contributed by atoms with van der Waals surface area (Å²) in [6.07, 6.45) is 5.18. The average molecular weight is 286 g/mol. The number of carbonyl (C=O) groups excluding carboxylic acids is 1. The van der Waals surface area contributed by atoms with Gasteiger partial charge in [0.05, 0.1) is 0 Å². The van der Waals surface area contributed by atoms with Crippen molar-refractivity contribution in [2.45, 2.75) is 41.0 Å². The molecule has 1 aromatic carbocycles. The van der Waals surface area contributed by atoms with Crippen molar-refractivity contribution in [3.63, 3.8) is 0 Å².